The number of hydrogen-bond donors (Lipinski definition) is 0. The quantitative estimate of drug-likeness (QED) is 0.458. The molecule has 3 aromatic rings. The zero-order valence-electron chi connectivity index (χ0n) is 16.4. The Morgan fingerprint density at radius 2 is 2.11 bits per heavy atom. The number of halogens is 1. The van der Waals surface area contributed by atoms with Crippen LogP contribution in [0.15, 0.2) is 24.5 Å². The van der Waals surface area contributed by atoms with Gasteiger partial charge in [0.05, 0.1) is 16.8 Å². The molecule has 3 heterocycles. The summed E-state index contributed by atoms with van der Waals surface area (Å²) in [7, 11) is -1.07. The standard InChI is InChI=1S/C19H26ClN5OSi/c1-19(15-6-8-24(22-15)13-26-9-10-27(2,3)4)7-5-14-12-21-17-11-16(20)23-25(17)18(14)19/h6,8,11-12H,5,7,9-10,13H2,1-4H3. The third-order valence-corrected chi connectivity index (χ3v) is 7.26. The molecular weight excluding hydrogens is 378 g/mol. The molecule has 0 amide bonds. The Bertz CT molecular complexity index is 976. The first kappa shape index (κ1) is 18.7. The van der Waals surface area contributed by atoms with Crippen LogP contribution in [0.2, 0.25) is 30.8 Å². The van der Waals surface area contributed by atoms with Crippen LogP contribution in [0.5, 0.6) is 0 Å². The van der Waals surface area contributed by atoms with Gasteiger partial charge >= 0.3 is 0 Å². The molecule has 4 rings (SSSR count). The smallest absolute Gasteiger partial charge is 0.156 e. The van der Waals surface area contributed by atoms with Gasteiger partial charge in [-0.15, -0.1) is 0 Å². The van der Waals surface area contributed by atoms with Crippen LogP contribution in [-0.2, 0) is 23.3 Å². The second kappa shape index (κ2) is 6.72. The first-order chi connectivity index (χ1) is 12.8. The molecular formula is C19H26ClN5OSi. The first-order valence-electron chi connectivity index (χ1n) is 9.42. The largest absolute Gasteiger partial charge is 0.360 e. The fourth-order valence-corrected chi connectivity index (χ4v) is 4.66. The normalized spacial score (nSPS) is 19.7. The van der Waals surface area contributed by atoms with E-state index in [0.717, 1.165) is 42.5 Å². The Morgan fingerprint density at radius 3 is 2.89 bits per heavy atom. The highest BCUT2D eigenvalue weighted by Crippen LogP contribution is 2.43. The van der Waals surface area contributed by atoms with Gasteiger partial charge in [-0.05, 0) is 37.4 Å². The van der Waals surface area contributed by atoms with Gasteiger partial charge in [-0.2, -0.15) is 10.2 Å². The highest BCUT2D eigenvalue weighted by Gasteiger charge is 2.41. The van der Waals surface area contributed by atoms with Crippen LogP contribution in [0.4, 0.5) is 0 Å². The van der Waals surface area contributed by atoms with Crippen molar-refractivity contribution in [3.63, 3.8) is 0 Å². The van der Waals surface area contributed by atoms with Gasteiger partial charge in [0.2, 0.25) is 0 Å². The number of rotatable bonds is 6. The number of aryl methyl sites for hydroxylation is 1. The fourth-order valence-electron chi connectivity index (χ4n) is 3.73. The molecule has 1 aliphatic rings. The zero-order valence-corrected chi connectivity index (χ0v) is 18.1. The van der Waals surface area contributed by atoms with E-state index >= 15 is 0 Å². The van der Waals surface area contributed by atoms with Crippen LogP contribution in [0.1, 0.15) is 30.3 Å². The molecule has 144 valence electrons. The molecule has 0 aromatic carbocycles. The lowest BCUT2D eigenvalue weighted by molar-refractivity contribution is 0.0780. The third kappa shape index (κ3) is 3.55. The lowest BCUT2D eigenvalue weighted by atomic mass is 9.84. The lowest BCUT2D eigenvalue weighted by Gasteiger charge is -2.23. The summed E-state index contributed by atoms with van der Waals surface area (Å²) >= 11 is 6.13. The third-order valence-electron chi connectivity index (χ3n) is 5.37. The molecule has 0 aliphatic heterocycles. The van der Waals surface area contributed by atoms with Gasteiger partial charge in [0.25, 0.3) is 0 Å². The number of hydrogen-bond acceptors (Lipinski definition) is 4. The van der Waals surface area contributed by atoms with Gasteiger partial charge in [-0.3, -0.25) is 0 Å². The van der Waals surface area contributed by atoms with E-state index in [1.165, 1.54) is 5.56 Å². The van der Waals surface area contributed by atoms with Gasteiger partial charge in [-0.1, -0.05) is 31.2 Å². The van der Waals surface area contributed by atoms with Crippen molar-refractivity contribution in [1.29, 1.82) is 0 Å². The van der Waals surface area contributed by atoms with Crippen LogP contribution in [-0.4, -0.2) is 39.1 Å². The van der Waals surface area contributed by atoms with Crippen molar-refractivity contribution in [3.8, 4) is 0 Å². The van der Waals surface area contributed by atoms with Crippen LogP contribution >= 0.6 is 11.6 Å². The van der Waals surface area contributed by atoms with E-state index in [0.29, 0.717) is 11.9 Å². The molecule has 3 aromatic heterocycles. The highest BCUT2D eigenvalue weighted by atomic mass is 35.5. The average molecular weight is 404 g/mol. The van der Waals surface area contributed by atoms with Crippen molar-refractivity contribution in [2.45, 2.75) is 57.6 Å². The fraction of sp³-hybridized carbons (Fsp3) is 0.526. The van der Waals surface area contributed by atoms with Crippen molar-refractivity contribution in [3.05, 3.63) is 46.6 Å². The van der Waals surface area contributed by atoms with Crippen LogP contribution in [0.3, 0.4) is 0 Å². The zero-order chi connectivity index (χ0) is 19.2. The molecule has 0 saturated carbocycles. The molecule has 0 saturated heterocycles. The van der Waals surface area contributed by atoms with E-state index in [1.807, 2.05) is 21.6 Å². The molecule has 1 aliphatic carbocycles. The minimum atomic E-state index is -1.07. The Morgan fingerprint density at radius 1 is 1.30 bits per heavy atom. The number of aromatic nitrogens is 5. The van der Waals surface area contributed by atoms with Crippen molar-refractivity contribution >= 4 is 25.3 Å². The van der Waals surface area contributed by atoms with Gasteiger partial charge in [-0.25, -0.2) is 14.2 Å². The Hall–Kier alpha value is -1.70. The topological polar surface area (TPSA) is 57.2 Å². The lowest BCUT2D eigenvalue weighted by Crippen LogP contribution is -2.25. The molecule has 0 radical (unpaired) electrons. The number of nitrogens with zero attached hydrogens (tertiary/aromatic N) is 5. The highest BCUT2D eigenvalue weighted by molar-refractivity contribution is 6.76. The summed E-state index contributed by atoms with van der Waals surface area (Å²) in [6, 6.07) is 5.05. The monoisotopic (exact) mass is 403 g/mol. The summed E-state index contributed by atoms with van der Waals surface area (Å²) in [6.45, 7) is 10.6. The van der Waals surface area contributed by atoms with Crippen LogP contribution < -0.4 is 0 Å². The second-order valence-corrected chi connectivity index (χ2v) is 14.8. The summed E-state index contributed by atoms with van der Waals surface area (Å²) in [6.07, 6.45) is 5.89. The van der Waals surface area contributed by atoms with E-state index in [4.69, 9.17) is 21.4 Å². The van der Waals surface area contributed by atoms with E-state index in [1.54, 1.807) is 6.07 Å². The molecule has 8 heteroatoms. The van der Waals surface area contributed by atoms with Gasteiger partial charge in [0.1, 0.15) is 6.73 Å². The van der Waals surface area contributed by atoms with E-state index in [9.17, 15) is 0 Å². The predicted molar refractivity (Wildman–Crippen MR) is 109 cm³/mol. The van der Waals surface area contributed by atoms with Crippen molar-refractivity contribution in [2.75, 3.05) is 6.61 Å². The SMILES string of the molecule is CC1(c2ccn(COCC[Si](C)(C)C)n2)CCc2cnc3cc(Cl)nn3c21. The molecule has 6 nitrogen and oxygen atoms in total. The summed E-state index contributed by atoms with van der Waals surface area (Å²) in [4.78, 5) is 4.48. The maximum absolute atomic E-state index is 6.13. The summed E-state index contributed by atoms with van der Waals surface area (Å²) in [5.41, 5.74) is 3.96. The van der Waals surface area contributed by atoms with E-state index in [-0.39, 0.29) is 5.41 Å². The molecule has 0 spiro atoms. The van der Waals surface area contributed by atoms with Crippen LogP contribution in [0, 0.1) is 0 Å². The number of fused-ring (bicyclic) bond motifs is 3. The second-order valence-electron chi connectivity index (χ2n) is 8.79. The molecule has 1 unspecified atom stereocenters. The van der Waals surface area contributed by atoms with E-state index < -0.39 is 8.07 Å². The first-order valence-corrected chi connectivity index (χ1v) is 13.5. The summed E-state index contributed by atoms with van der Waals surface area (Å²) < 4.78 is 9.61. The number of ether oxygens (including phenoxy) is 1. The van der Waals surface area contributed by atoms with Gasteiger partial charge in [0, 0.05) is 33.1 Å². The minimum absolute atomic E-state index is 0.213. The molecule has 0 bridgehead atoms. The molecule has 0 fully saturated rings. The van der Waals surface area contributed by atoms with Crippen molar-refractivity contribution in [2.24, 2.45) is 0 Å². The molecule has 0 N–H and O–H groups in total. The predicted octanol–water partition coefficient (Wildman–Crippen LogP) is 4.14. The van der Waals surface area contributed by atoms with E-state index in [2.05, 4.69) is 42.7 Å². The van der Waals surface area contributed by atoms with Gasteiger partial charge in [0.15, 0.2) is 10.8 Å². The average Bonchev–Trinajstić information content (AvgIpc) is 3.28. The minimum Gasteiger partial charge on any atom is -0.360 e. The molecule has 1 atom stereocenters. The Kier molecular flexibility index (Phi) is 4.64. The van der Waals surface area contributed by atoms with Gasteiger partial charge < -0.3 is 4.74 Å². The maximum atomic E-state index is 6.13. The Balaban J connectivity index is 1.57. The van der Waals surface area contributed by atoms with Crippen molar-refractivity contribution in [1.82, 2.24) is 24.4 Å². The molecule has 27 heavy (non-hydrogen) atoms. The maximum Gasteiger partial charge on any atom is 0.156 e. The Labute approximate surface area is 165 Å². The summed E-state index contributed by atoms with van der Waals surface area (Å²) in [5.74, 6) is 0. The van der Waals surface area contributed by atoms with Crippen LogP contribution in [0.25, 0.3) is 5.65 Å². The van der Waals surface area contributed by atoms with Crippen molar-refractivity contribution < 1.29 is 4.74 Å². The summed E-state index contributed by atoms with van der Waals surface area (Å²) in [5, 5.41) is 9.74.